The summed E-state index contributed by atoms with van der Waals surface area (Å²) in [6, 6.07) is 8.28. The highest BCUT2D eigenvalue weighted by Crippen LogP contribution is 2.36. The van der Waals surface area contributed by atoms with E-state index in [9.17, 15) is 18.0 Å². The molecule has 0 bridgehead atoms. The van der Waals surface area contributed by atoms with E-state index >= 15 is 0 Å². The van der Waals surface area contributed by atoms with Gasteiger partial charge in [-0.1, -0.05) is 12.1 Å². The van der Waals surface area contributed by atoms with Crippen molar-refractivity contribution in [1.29, 1.82) is 0 Å². The summed E-state index contributed by atoms with van der Waals surface area (Å²) < 4.78 is 44.6. The lowest BCUT2D eigenvalue weighted by atomic mass is 10.1. The van der Waals surface area contributed by atoms with E-state index in [4.69, 9.17) is 9.84 Å². The number of carbonyl (C=O) groups is 1. The van der Waals surface area contributed by atoms with Gasteiger partial charge in [-0.2, -0.15) is 13.2 Å². The molecule has 0 heterocycles. The number of hydrogen-bond acceptors (Lipinski definition) is 2. The van der Waals surface area contributed by atoms with Crippen molar-refractivity contribution >= 4 is 37.8 Å². The first-order valence-corrected chi connectivity index (χ1v) is 8.74. The van der Waals surface area contributed by atoms with Crippen LogP contribution in [0.1, 0.15) is 23.1 Å². The van der Waals surface area contributed by atoms with Crippen molar-refractivity contribution in [3.05, 3.63) is 62.0 Å². The molecule has 25 heavy (non-hydrogen) atoms. The number of carboxylic acid groups (broad SMARTS) is 1. The fraction of sp³-hybridized carbons (Fsp3) is 0.235. The highest BCUT2D eigenvalue weighted by Gasteiger charge is 2.29. The summed E-state index contributed by atoms with van der Waals surface area (Å²) in [6.45, 7) is 0.101. The minimum absolute atomic E-state index is 0.0185. The van der Waals surface area contributed by atoms with Gasteiger partial charge in [0.15, 0.2) is 0 Å². The van der Waals surface area contributed by atoms with Crippen LogP contribution < -0.4 is 4.74 Å². The van der Waals surface area contributed by atoms with E-state index in [0.29, 0.717) is 26.7 Å². The first-order chi connectivity index (χ1) is 11.7. The second kappa shape index (κ2) is 8.23. The van der Waals surface area contributed by atoms with Crippen LogP contribution in [0, 0.1) is 0 Å². The van der Waals surface area contributed by atoms with Crippen LogP contribution >= 0.6 is 31.9 Å². The Hall–Kier alpha value is -1.54. The van der Waals surface area contributed by atoms with Crippen LogP contribution in [-0.2, 0) is 24.0 Å². The second-order valence-corrected chi connectivity index (χ2v) is 6.97. The molecule has 0 aliphatic carbocycles. The third-order valence-corrected chi connectivity index (χ3v) is 4.53. The zero-order valence-corrected chi connectivity index (χ0v) is 15.9. The monoisotopic (exact) mass is 480 g/mol. The van der Waals surface area contributed by atoms with Crippen molar-refractivity contribution in [2.24, 2.45) is 0 Å². The second-order valence-electron chi connectivity index (χ2n) is 5.27. The number of hydrogen-bond donors (Lipinski definition) is 1. The van der Waals surface area contributed by atoms with Crippen molar-refractivity contribution in [3.63, 3.8) is 0 Å². The van der Waals surface area contributed by atoms with E-state index in [-0.39, 0.29) is 13.0 Å². The smallest absolute Gasteiger partial charge is 0.416 e. The van der Waals surface area contributed by atoms with Gasteiger partial charge >= 0.3 is 12.1 Å². The highest BCUT2D eigenvalue weighted by molar-refractivity contribution is 9.11. The molecule has 0 spiro atoms. The molecule has 0 unspecified atom stereocenters. The Morgan fingerprint density at radius 3 is 2.08 bits per heavy atom. The van der Waals surface area contributed by atoms with Crippen LogP contribution in [0.5, 0.6) is 5.75 Å². The molecule has 2 aromatic carbocycles. The van der Waals surface area contributed by atoms with Crippen molar-refractivity contribution in [1.82, 2.24) is 0 Å². The highest BCUT2D eigenvalue weighted by atomic mass is 79.9. The largest absolute Gasteiger partial charge is 0.487 e. The molecule has 0 amide bonds. The number of aryl methyl sites for hydroxylation is 1. The zero-order chi connectivity index (χ0) is 18.6. The van der Waals surface area contributed by atoms with Crippen molar-refractivity contribution < 1.29 is 27.8 Å². The van der Waals surface area contributed by atoms with Gasteiger partial charge in [0, 0.05) is 6.42 Å². The number of benzene rings is 2. The Balaban J connectivity index is 2.06. The Labute approximate surface area is 159 Å². The SMILES string of the molecule is O=C(O)CCc1cc(Br)c(OCc2ccc(C(F)(F)F)cc2)c(Br)c1. The molecule has 0 aromatic heterocycles. The maximum atomic E-state index is 12.5. The Morgan fingerprint density at radius 1 is 1.04 bits per heavy atom. The normalized spacial score (nSPS) is 11.4. The quantitative estimate of drug-likeness (QED) is 0.564. The lowest BCUT2D eigenvalue weighted by Gasteiger charge is -2.13. The number of rotatable bonds is 6. The van der Waals surface area contributed by atoms with Gasteiger partial charge in [0.25, 0.3) is 0 Å². The van der Waals surface area contributed by atoms with Gasteiger partial charge in [0.05, 0.1) is 14.5 Å². The molecule has 2 rings (SSSR count). The summed E-state index contributed by atoms with van der Waals surface area (Å²) in [5.41, 5.74) is 0.714. The minimum Gasteiger partial charge on any atom is -0.487 e. The Morgan fingerprint density at radius 2 is 1.60 bits per heavy atom. The first kappa shape index (κ1) is 19.8. The van der Waals surface area contributed by atoms with Gasteiger partial charge in [-0.15, -0.1) is 0 Å². The molecule has 0 fully saturated rings. The molecule has 3 nitrogen and oxygen atoms in total. The number of alkyl halides is 3. The minimum atomic E-state index is -4.36. The van der Waals surface area contributed by atoms with Crippen molar-refractivity contribution in [2.75, 3.05) is 0 Å². The van der Waals surface area contributed by atoms with Gasteiger partial charge in [-0.05, 0) is 73.7 Å². The third-order valence-electron chi connectivity index (χ3n) is 3.35. The lowest BCUT2D eigenvalue weighted by Crippen LogP contribution is -2.05. The predicted molar refractivity (Wildman–Crippen MR) is 93.6 cm³/mol. The number of carboxylic acids is 1. The summed E-state index contributed by atoms with van der Waals surface area (Å²) in [7, 11) is 0. The fourth-order valence-electron chi connectivity index (χ4n) is 2.09. The molecular weight excluding hydrogens is 469 g/mol. The fourth-order valence-corrected chi connectivity index (χ4v) is 3.60. The van der Waals surface area contributed by atoms with Crippen LogP contribution in [0.3, 0.4) is 0 Å². The average molecular weight is 482 g/mol. The van der Waals surface area contributed by atoms with Crippen LogP contribution in [-0.4, -0.2) is 11.1 Å². The molecule has 0 saturated carbocycles. The van der Waals surface area contributed by atoms with Crippen molar-refractivity contribution in [3.8, 4) is 5.75 Å². The molecule has 1 N–H and O–H groups in total. The van der Waals surface area contributed by atoms with E-state index in [1.165, 1.54) is 12.1 Å². The third kappa shape index (κ3) is 5.74. The molecule has 8 heteroatoms. The summed E-state index contributed by atoms with van der Waals surface area (Å²) >= 11 is 6.73. The van der Waals surface area contributed by atoms with Crippen LogP contribution in [0.15, 0.2) is 45.3 Å². The van der Waals surface area contributed by atoms with E-state index in [2.05, 4.69) is 31.9 Å². The molecule has 0 saturated heterocycles. The van der Waals surface area contributed by atoms with E-state index < -0.39 is 17.7 Å². The topological polar surface area (TPSA) is 46.5 Å². The number of halogens is 5. The van der Waals surface area contributed by atoms with Gasteiger partial charge in [-0.3, -0.25) is 4.79 Å². The summed E-state index contributed by atoms with van der Waals surface area (Å²) in [6.07, 6.45) is -3.96. The Kier molecular flexibility index (Phi) is 6.51. The summed E-state index contributed by atoms with van der Waals surface area (Å²) in [4.78, 5) is 10.6. The summed E-state index contributed by atoms with van der Waals surface area (Å²) in [5, 5.41) is 8.73. The molecule has 0 aliphatic rings. The molecule has 134 valence electrons. The lowest BCUT2D eigenvalue weighted by molar-refractivity contribution is -0.138. The number of ether oxygens (including phenoxy) is 1. The zero-order valence-electron chi connectivity index (χ0n) is 12.7. The molecule has 2 aromatic rings. The van der Waals surface area contributed by atoms with Crippen LogP contribution in [0.4, 0.5) is 13.2 Å². The Bertz CT molecular complexity index is 736. The van der Waals surface area contributed by atoms with Crippen LogP contribution in [0.25, 0.3) is 0 Å². The van der Waals surface area contributed by atoms with Crippen molar-refractivity contribution in [2.45, 2.75) is 25.6 Å². The molecule has 0 aliphatic heterocycles. The van der Waals surface area contributed by atoms with E-state index in [0.717, 1.165) is 17.7 Å². The first-order valence-electron chi connectivity index (χ1n) is 7.15. The molecule has 0 radical (unpaired) electrons. The van der Waals surface area contributed by atoms with Gasteiger partial charge in [-0.25, -0.2) is 0 Å². The van der Waals surface area contributed by atoms with Gasteiger partial charge in [0.1, 0.15) is 12.4 Å². The maximum absolute atomic E-state index is 12.5. The van der Waals surface area contributed by atoms with Gasteiger partial charge < -0.3 is 9.84 Å². The molecular formula is C17H13Br2F3O3. The van der Waals surface area contributed by atoms with Gasteiger partial charge in [0.2, 0.25) is 0 Å². The molecule has 0 atom stereocenters. The number of aliphatic carboxylic acids is 1. The van der Waals surface area contributed by atoms with E-state index in [1.807, 2.05) is 0 Å². The van der Waals surface area contributed by atoms with Crippen LogP contribution in [0.2, 0.25) is 0 Å². The predicted octanol–water partition coefficient (Wildman–Crippen LogP) is 5.83. The maximum Gasteiger partial charge on any atom is 0.416 e. The average Bonchev–Trinajstić information content (AvgIpc) is 2.51. The standard InChI is InChI=1S/C17H13Br2F3O3/c18-13-7-11(3-6-15(23)24)8-14(19)16(13)25-9-10-1-4-12(5-2-10)17(20,21)22/h1-2,4-5,7-8H,3,6,9H2,(H,23,24). The van der Waals surface area contributed by atoms with E-state index in [1.54, 1.807) is 12.1 Å². The summed E-state index contributed by atoms with van der Waals surface area (Å²) in [5.74, 6) is -0.381.